The molecule has 9 aromatic carbocycles. The molecule has 0 amide bonds. The highest BCUT2D eigenvalue weighted by atomic mass is 15.1. The fourth-order valence-corrected chi connectivity index (χ4v) is 10.9. The molecular weight excluding hydrogens is 877 g/mol. The van der Waals surface area contributed by atoms with Crippen molar-refractivity contribution >= 4 is 65.2 Å². The summed E-state index contributed by atoms with van der Waals surface area (Å²) in [6, 6.07) is 77.3. The molecule has 6 nitrogen and oxygen atoms in total. The van der Waals surface area contributed by atoms with Gasteiger partial charge < -0.3 is 4.57 Å². The van der Waals surface area contributed by atoms with Crippen LogP contribution in [-0.2, 0) is 6.42 Å². The van der Waals surface area contributed by atoms with Crippen molar-refractivity contribution in [3.8, 4) is 57.3 Å². The normalized spacial score (nSPS) is 12.0. The summed E-state index contributed by atoms with van der Waals surface area (Å²) >= 11 is 0. The number of aryl methyl sites for hydroxylation is 1. The lowest BCUT2D eigenvalue weighted by Gasteiger charge is -2.17. The van der Waals surface area contributed by atoms with Gasteiger partial charge in [0.15, 0.2) is 0 Å². The van der Waals surface area contributed by atoms with Crippen LogP contribution in [0.25, 0.3) is 110 Å². The van der Waals surface area contributed by atoms with Crippen molar-refractivity contribution in [2.45, 2.75) is 26.2 Å². The molecule has 338 valence electrons. The molecule has 0 bridgehead atoms. The van der Waals surface area contributed by atoms with E-state index >= 15 is 0 Å². The van der Waals surface area contributed by atoms with Gasteiger partial charge in [0.2, 0.25) is 0 Å². The number of aromatic nitrogens is 4. The second-order valence-electron chi connectivity index (χ2n) is 18.7. The van der Waals surface area contributed by atoms with E-state index in [0.717, 1.165) is 106 Å². The second kappa shape index (κ2) is 17.1. The first kappa shape index (κ1) is 42.5. The third-order valence-electron chi connectivity index (χ3n) is 14.7. The third kappa shape index (κ3) is 6.92. The van der Waals surface area contributed by atoms with E-state index in [-0.39, 0.29) is 5.92 Å². The van der Waals surface area contributed by atoms with Crippen LogP contribution in [0.1, 0.15) is 47.6 Å². The molecule has 0 spiro atoms. The predicted octanol–water partition coefficient (Wildman–Crippen LogP) is 16.4. The first-order valence-electron chi connectivity index (χ1n) is 24.5. The number of hydrogen-bond donors (Lipinski definition) is 0. The van der Waals surface area contributed by atoms with E-state index in [0.29, 0.717) is 11.1 Å². The summed E-state index contributed by atoms with van der Waals surface area (Å²) in [6.45, 7) is 4.52. The SMILES string of the molecule is CCc1ccc2c(c1)c1cc(C(C)c3cccc(-c4ccc5c(c4)c4ccccc4n5-c4nc(-c5ccc(C#N)cc5)cc5ccccc45)c3)ccc1n2-c1c(-c2cccc(C#N)c2)ncc2ccccc12. The van der Waals surface area contributed by atoms with Gasteiger partial charge in [0.05, 0.1) is 62.4 Å². The smallest absolute Gasteiger partial charge is 0.146 e. The molecule has 72 heavy (non-hydrogen) atoms. The molecule has 0 aliphatic rings. The zero-order valence-electron chi connectivity index (χ0n) is 39.7. The van der Waals surface area contributed by atoms with Crippen LogP contribution in [0.2, 0.25) is 0 Å². The van der Waals surface area contributed by atoms with E-state index in [1.165, 1.54) is 27.5 Å². The number of para-hydroxylation sites is 1. The molecule has 4 heterocycles. The first-order valence-corrected chi connectivity index (χ1v) is 24.5. The van der Waals surface area contributed by atoms with Crippen molar-refractivity contribution in [3.05, 3.63) is 240 Å². The van der Waals surface area contributed by atoms with Crippen LogP contribution in [0.3, 0.4) is 0 Å². The lowest BCUT2D eigenvalue weighted by Crippen LogP contribution is -2.02. The number of rotatable bonds is 8. The largest absolute Gasteiger partial charge is 0.306 e. The Morgan fingerprint density at radius 3 is 1.90 bits per heavy atom. The van der Waals surface area contributed by atoms with Crippen molar-refractivity contribution in [2.24, 2.45) is 0 Å². The molecule has 4 aromatic heterocycles. The molecule has 1 atom stereocenters. The van der Waals surface area contributed by atoms with Crippen molar-refractivity contribution in [3.63, 3.8) is 0 Å². The van der Waals surface area contributed by atoms with Crippen LogP contribution >= 0.6 is 0 Å². The third-order valence-corrected chi connectivity index (χ3v) is 14.7. The maximum absolute atomic E-state index is 9.89. The maximum atomic E-state index is 9.89. The Bertz CT molecular complexity index is 4430. The van der Waals surface area contributed by atoms with Crippen LogP contribution in [-0.4, -0.2) is 19.1 Å². The standard InChI is InChI=1S/C66H44N6/c1-3-42-24-29-61-56(33-42)58-35-47(27-30-62(58)71(61)65-53-18-6-5-14-52(53)40-69-64(65)51-17-10-12-44(32-51)39-68)41(2)46-15-11-16-48(34-46)49-28-31-63-57(36-49)55-20-8-9-21-60(55)72(63)66-54-19-7-4-13-50(54)37-59(70-66)45-25-22-43(38-67)23-26-45/h4-37,40-41H,3H2,1-2H3. The van der Waals surface area contributed by atoms with Gasteiger partial charge in [-0.2, -0.15) is 10.5 Å². The van der Waals surface area contributed by atoms with Crippen molar-refractivity contribution in [1.82, 2.24) is 19.1 Å². The van der Waals surface area contributed by atoms with Crippen molar-refractivity contribution < 1.29 is 0 Å². The number of benzene rings is 9. The van der Waals surface area contributed by atoms with Crippen molar-refractivity contribution in [2.75, 3.05) is 0 Å². The zero-order chi connectivity index (χ0) is 48.5. The number of nitriles is 2. The summed E-state index contributed by atoms with van der Waals surface area (Å²) in [5.74, 6) is 0.965. The van der Waals surface area contributed by atoms with E-state index < -0.39 is 0 Å². The number of hydrogen-bond acceptors (Lipinski definition) is 4. The highest BCUT2D eigenvalue weighted by Crippen LogP contribution is 2.42. The summed E-state index contributed by atoms with van der Waals surface area (Å²) in [7, 11) is 0. The van der Waals surface area contributed by atoms with Gasteiger partial charge >= 0.3 is 0 Å². The van der Waals surface area contributed by atoms with Gasteiger partial charge in [-0.3, -0.25) is 9.55 Å². The van der Waals surface area contributed by atoms with E-state index in [4.69, 9.17) is 9.97 Å². The molecular formula is C66H44N6. The van der Waals surface area contributed by atoms with Gasteiger partial charge in [-0.15, -0.1) is 0 Å². The summed E-state index contributed by atoms with van der Waals surface area (Å²) in [5, 5.41) is 28.4. The van der Waals surface area contributed by atoms with Crippen LogP contribution in [0.4, 0.5) is 0 Å². The Morgan fingerprint density at radius 2 is 1.08 bits per heavy atom. The topological polar surface area (TPSA) is 83.2 Å². The van der Waals surface area contributed by atoms with E-state index in [1.807, 2.05) is 54.7 Å². The highest BCUT2D eigenvalue weighted by molar-refractivity contribution is 6.13. The number of fused-ring (bicyclic) bond motifs is 8. The van der Waals surface area contributed by atoms with Gasteiger partial charge in [-0.1, -0.05) is 147 Å². The molecule has 0 saturated carbocycles. The molecule has 6 heteroatoms. The molecule has 0 aliphatic carbocycles. The Balaban J connectivity index is 0.921. The lowest BCUT2D eigenvalue weighted by atomic mass is 9.90. The second-order valence-corrected chi connectivity index (χ2v) is 18.7. The molecule has 0 N–H and O–H groups in total. The molecule has 0 radical (unpaired) electrons. The molecule has 13 rings (SSSR count). The quantitative estimate of drug-likeness (QED) is 0.152. The minimum absolute atomic E-state index is 0.0963. The van der Waals surface area contributed by atoms with Gasteiger partial charge in [-0.05, 0) is 112 Å². The first-order chi connectivity index (χ1) is 35.5. The molecule has 0 fully saturated rings. The fraction of sp³-hybridized carbons (Fsp3) is 0.0606. The molecule has 0 saturated heterocycles. The monoisotopic (exact) mass is 920 g/mol. The van der Waals surface area contributed by atoms with Crippen LogP contribution in [0.5, 0.6) is 0 Å². The predicted molar refractivity (Wildman–Crippen MR) is 295 cm³/mol. The summed E-state index contributed by atoms with van der Waals surface area (Å²) in [6.07, 6.45) is 2.88. The average Bonchev–Trinajstić information content (AvgIpc) is 3.95. The summed E-state index contributed by atoms with van der Waals surface area (Å²) < 4.78 is 4.70. The highest BCUT2D eigenvalue weighted by Gasteiger charge is 2.23. The van der Waals surface area contributed by atoms with E-state index in [1.54, 1.807) is 0 Å². The average molecular weight is 921 g/mol. The number of nitrogens with zero attached hydrogens (tertiary/aromatic N) is 6. The maximum Gasteiger partial charge on any atom is 0.146 e. The van der Waals surface area contributed by atoms with Crippen LogP contribution in [0.15, 0.2) is 212 Å². The zero-order valence-corrected chi connectivity index (χ0v) is 39.7. The Kier molecular flexibility index (Phi) is 10.1. The minimum Gasteiger partial charge on any atom is -0.306 e. The summed E-state index contributed by atoms with van der Waals surface area (Å²) in [5.41, 5.74) is 16.2. The number of pyridine rings is 2. The lowest BCUT2D eigenvalue weighted by molar-refractivity contribution is 0.925. The fourth-order valence-electron chi connectivity index (χ4n) is 10.9. The van der Waals surface area contributed by atoms with E-state index in [2.05, 4.69) is 193 Å². The minimum atomic E-state index is 0.0963. The Morgan fingerprint density at radius 1 is 0.458 bits per heavy atom. The Labute approximate surface area is 416 Å². The van der Waals surface area contributed by atoms with Crippen LogP contribution < -0.4 is 0 Å². The molecule has 1 unspecified atom stereocenters. The van der Waals surface area contributed by atoms with Gasteiger partial charge in [0.1, 0.15) is 5.82 Å². The van der Waals surface area contributed by atoms with Gasteiger partial charge in [-0.25, -0.2) is 4.98 Å². The molecule has 13 aromatic rings. The van der Waals surface area contributed by atoms with Gasteiger partial charge in [0, 0.05) is 60.9 Å². The molecule has 0 aliphatic heterocycles. The summed E-state index contributed by atoms with van der Waals surface area (Å²) in [4.78, 5) is 10.5. The van der Waals surface area contributed by atoms with Crippen molar-refractivity contribution in [1.29, 1.82) is 10.5 Å². The van der Waals surface area contributed by atoms with Crippen LogP contribution in [0, 0.1) is 22.7 Å². The van der Waals surface area contributed by atoms with E-state index in [9.17, 15) is 10.5 Å². The Hall–Kier alpha value is -9.62. The van der Waals surface area contributed by atoms with Gasteiger partial charge in [0.25, 0.3) is 0 Å².